The second-order valence-electron chi connectivity index (χ2n) is 6.06. The molecule has 0 radical (unpaired) electrons. The Morgan fingerprint density at radius 3 is 2.96 bits per heavy atom. The Morgan fingerprint density at radius 1 is 1.38 bits per heavy atom. The van der Waals surface area contributed by atoms with Gasteiger partial charge in [0.2, 0.25) is 5.91 Å². The topological polar surface area (TPSA) is 54.5 Å². The number of nitrogens with one attached hydrogen (secondary N) is 1. The van der Waals surface area contributed by atoms with Crippen LogP contribution in [0.5, 0.6) is 5.75 Å². The lowest BCUT2D eigenvalue weighted by Crippen LogP contribution is -2.39. The van der Waals surface area contributed by atoms with Crippen molar-refractivity contribution in [3.8, 4) is 5.75 Å². The Morgan fingerprint density at radius 2 is 2.21 bits per heavy atom. The van der Waals surface area contributed by atoms with Gasteiger partial charge in [0, 0.05) is 37.5 Å². The van der Waals surface area contributed by atoms with Crippen LogP contribution in [-0.2, 0) is 17.9 Å². The van der Waals surface area contributed by atoms with Crippen molar-refractivity contribution >= 4 is 17.2 Å². The molecule has 2 heterocycles. The number of rotatable bonds is 8. The molecule has 1 saturated heterocycles. The fourth-order valence-corrected chi connectivity index (χ4v) is 3.43. The average molecular weight is 345 g/mol. The summed E-state index contributed by atoms with van der Waals surface area (Å²) < 4.78 is 5.71. The van der Waals surface area contributed by atoms with Crippen molar-refractivity contribution in [2.45, 2.75) is 39.0 Å². The smallest absolute Gasteiger partial charge is 0.222 e. The summed E-state index contributed by atoms with van der Waals surface area (Å²) in [4.78, 5) is 18.2. The van der Waals surface area contributed by atoms with Gasteiger partial charge in [0.05, 0.1) is 5.69 Å². The van der Waals surface area contributed by atoms with E-state index in [1.54, 1.807) is 11.3 Å². The molecule has 1 aromatic heterocycles. The van der Waals surface area contributed by atoms with Gasteiger partial charge in [0.25, 0.3) is 0 Å². The van der Waals surface area contributed by atoms with Crippen LogP contribution in [0.15, 0.2) is 35.7 Å². The van der Waals surface area contributed by atoms with Gasteiger partial charge in [-0.15, -0.1) is 11.3 Å². The van der Waals surface area contributed by atoms with E-state index >= 15 is 0 Å². The normalized spacial score (nSPS) is 15.7. The molecule has 128 valence electrons. The van der Waals surface area contributed by atoms with E-state index in [2.05, 4.69) is 22.6 Å². The number of aromatic nitrogens is 1. The number of para-hydroxylation sites is 1. The average Bonchev–Trinajstić information content (AvgIpc) is 3.21. The van der Waals surface area contributed by atoms with Crippen LogP contribution in [0.25, 0.3) is 0 Å². The minimum atomic E-state index is 0.262. The number of benzene rings is 1. The molecule has 2 aromatic rings. The Hall–Kier alpha value is -1.92. The number of carbonyl (C=O) groups excluding carboxylic acids is 1. The summed E-state index contributed by atoms with van der Waals surface area (Å²) in [6.07, 6.45) is 1.69. The minimum absolute atomic E-state index is 0.262. The van der Waals surface area contributed by atoms with Crippen LogP contribution >= 0.6 is 11.3 Å². The van der Waals surface area contributed by atoms with E-state index in [1.807, 2.05) is 35.2 Å². The molecular formula is C18H23N3O2S. The van der Waals surface area contributed by atoms with Crippen molar-refractivity contribution in [2.75, 3.05) is 13.1 Å². The van der Waals surface area contributed by atoms with Crippen molar-refractivity contribution in [1.29, 1.82) is 0 Å². The van der Waals surface area contributed by atoms with Crippen molar-refractivity contribution in [3.05, 3.63) is 46.4 Å². The van der Waals surface area contributed by atoms with E-state index in [4.69, 9.17) is 4.74 Å². The van der Waals surface area contributed by atoms with Gasteiger partial charge in [0.15, 0.2) is 0 Å². The summed E-state index contributed by atoms with van der Waals surface area (Å²) in [5.74, 6) is 1.13. The second kappa shape index (κ2) is 8.26. The molecule has 3 rings (SSSR count). The fourth-order valence-electron chi connectivity index (χ4n) is 2.73. The van der Waals surface area contributed by atoms with Gasteiger partial charge >= 0.3 is 0 Å². The van der Waals surface area contributed by atoms with Gasteiger partial charge in [-0.25, -0.2) is 4.98 Å². The zero-order valence-corrected chi connectivity index (χ0v) is 14.7. The van der Waals surface area contributed by atoms with Gasteiger partial charge < -0.3 is 15.0 Å². The molecule has 1 aliphatic rings. The van der Waals surface area contributed by atoms with E-state index in [-0.39, 0.29) is 11.9 Å². The third-order valence-electron chi connectivity index (χ3n) is 4.00. The number of nitrogens with zero attached hydrogens (tertiary/aromatic N) is 2. The minimum Gasteiger partial charge on any atom is -0.486 e. The Balaban J connectivity index is 1.41. The van der Waals surface area contributed by atoms with Crippen molar-refractivity contribution in [1.82, 2.24) is 15.2 Å². The molecular weight excluding hydrogens is 322 g/mol. The van der Waals surface area contributed by atoms with Gasteiger partial charge in [-0.1, -0.05) is 18.2 Å². The van der Waals surface area contributed by atoms with E-state index < -0.39 is 0 Å². The molecule has 0 saturated carbocycles. The molecule has 1 aliphatic heterocycles. The van der Waals surface area contributed by atoms with Crippen molar-refractivity contribution in [2.24, 2.45) is 0 Å². The van der Waals surface area contributed by atoms with E-state index in [0.717, 1.165) is 36.0 Å². The first kappa shape index (κ1) is 16.9. The molecule has 1 unspecified atom stereocenters. The SMILES string of the molecule is CC(CN1CCCC1=O)NCc1csc(COc2ccccc2)n1. The van der Waals surface area contributed by atoms with Crippen LogP contribution in [-0.4, -0.2) is 34.9 Å². The van der Waals surface area contributed by atoms with Crippen molar-refractivity contribution < 1.29 is 9.53 Å². The van der Waals surface area contributed by atoms with Crippen LogP contribution in [0.4, 0.5) is 0 Å². The van der Waals surface area contributed by atoms with E-state index in [9.17, 15) is 4.79 Å². The van der Waals surface area contributed by atoms with Crippen LogP contribution in [0, 0.1) is 0 Å². The third kappa shape index (κ3) is 4.79. The maximum atomic E-state index is 11.6. The highest BCUT2D eigenvalue weighted by atomic mass is 32.1. The summed E-state index contributed by atoms with van der Waals surface area (Å²) in [7, 11) is 0. The Labute approximate surface area is 146 Å². The zero-order chi connectivity index (χ0) is 16.8. The number of amides is 1. The lowest BCUT2D eigenvalue weighted by molar-refractivity contribution is -0.127. The summed E-state index contributed by atoms with van der Waals surface area (Å²) >= 11 is 1.61. The van der Waals surface area contributed by atoms with E-state index in [0.29, 0.717) is 19.6 Å². The molecule has 1 N–H and O–H groups in total. The molecule has 1 amide bonds. The monoisotopic (exact) mass is 345 g/mol. The van der Waals surface area contributed by atoms with E-state index in [1.165, 1.54) is 0 Å². The maximum Gasteiger partial charge on any atom is 0.222 e. The number of likely N-dealkylation sites (tertiary alicyclic amines) is 1. The van der Waals surface area contributed by atoms with Crippen LogP contribution in [0.3, 0.4) is 0 Å². The first-order valence-corrected chi connectivity index (χ1v) is 9.21. The molecule has 1 atom stereocenters. The molecule has 0 spiro atoms. The number of carbonyl (C=O) groups is 1. The lowest BCUT2D eigenvalue weighted by atomic mass is 10.3. The van der Waals surface area contributed by atoms with Gasteiger partial charge in [-0.05, 0) is 25.5 Å². The summed E-state index contributed by atoms with van der Waals surface area (Å²) in [6, 6.07) is 10.0. The molecule has 1 aromatic carbocycles. The van der Waals surface area contributed by atoms with Crippen LogP contribution < -0.4 is 10.1 Å². The second-order valence-corrected chi connectivity index (χ2v) is 7.00. The maximum absolute atomic E-state index is 11.6. The lowest BCUT2D eigenvalue weighted by Gasteiger charge is -2.21. The highest BCUT2D eigenvalue weighted by molar-refractivity contribution is 7.09. The zero-order valence-electron chi connectivity index (χ0n) is 13.9. The standard InChI is InChI=1S/C18H23N3O2S/c1-14(11-21-9-5-8-18(21)22)19-10-15-13-24-17(20-15)12-23-16-6-3-2-4-7-16/h2-4,6-7,13-14,19H,5,8-12H2,1H3. The van der Waals surface area contributed by atoms with Crippen LogP contribution in [0.1, 0.15) is 30.5 Å². The fraction of sp³-hybridized carbons (Fsp3) is 0.444. The predicted octanol–water partition coefficient (Wildman–Crippen LogP) is 2.82. The van der Waals surface area contributed by atoms with Gasteiger partial charge in [-0.3, -0.25) is 4.79 Å². The van der Waals surface area contributed by atoms with Crippen LogP contribution in [0.2, 0.25) is 0 Å². The summed E-state index contributed by atoms with van der Waals surface area (Å²) in [6.45, 7) is 4.98. The number of hydrogen-bond donors (Lipinski definition) is 1. The molecule has 0 bridgehead atoms. The molecule has 24 heavy (non-hydrogen) atoms. The summed E-state index contributed by atoms with van der Waals surface area (Å²) in [5, 5.41) is 6.47. The number of hydrogen-bond acceptors (Lipinski definition) is 5. The molecule has 0 aliphatic carbocycles. The number of thiazole rings is 1. The molecule has 1 fully saturated rings. The Kier molecular flexibility index (Phi) is 5.82. The predicted molar refractivity (Wildman–Crippen MR) is 95.0 cm³/mol. The third-order valence-corrected chi connectivity index (χ3v) is 4.87. The largest absolute Gasteiger partial charge is 0.486 e. The quantitative estimate of drug-likeness (QED) is 0.799. The van der Waals surface area contributed by atoms with Gasteiger partial charge in [-0.2, -0.15) is 0 Å². The first-order valence-electron chi connectivity index (χ1n) is 8.33. The summed E-state index contributed by atoms with van der Waals surface area (Å²) in [5.41, 5.74) is 1.02. The Bertz CT molecular complexity index is 659. The first-order chi connectivity index (χ1) is 11.7. The van der Waals surface area contributed by atoms with Gasteiger partial charge in [0.1, 0.15) is 17.4 Å². The number of ether oxygens (including phenoxy) is 1. The molecule has 5 nitrogen and oxygen atoms in total. The highest BCUT2D eigenvalue weighted by Crippen LogP contribution is 2.15. The highest BCUT2D eigenvalue weighted by Gasteiger charge is 2.21. The van der Waals surface area contributed by atoms with Crippen molar-refractivity contribution in [3.63, 3.8) is 0 Å². The molecule has 6 heteroatoms.